The summed E-state index contributed by atoms with van der Waals surface area (Å²) in [7, 11) is 0. The molecule has 0 bridgehead atoms. The first-order chi connectivity index (χ1) is 15.8. The molecular formula is C24H31ClO9. The smallest absolute Gasteiger partial charge is 0.312 e. The van der Waals surface area contributed by atoms with E-state index in [1.807, 2.05) is 0 Å². The van der Waals surface area contributed by atoms with E-state index in [0.29, 0.717) is 5.57 Å². The summed E-state index contributed by atoms with van der Waals surface area (Å²) in [5, 5.41) is 23.7. The molecule has 0 aromatic heterocycles. The molecule has 11 unspecified atom stereocenters. The second-order valence-corrected chi connectivity index (χ2v) is 10.5. The van der Waals surface area contributed by atoms with Gasteiger partial charge in [-0.25, -0.2) is 0 Å². The van der Waals surface area contributed by atoms with Crippen molar-refractivity contribution in [1.29, 1.82) is 0 Å². The van der Waals surface area contributed by atoms with Gasteiger partial charge in [0, 0.05) is 31.1 Å². The van der Waals surface area contributed by atoms with E-state index in [9.17, 15) is 24.6 Å². The lowest BCUT2D eigenvalue weighted by Gasteiger charge is -2.53. The molecule has 188 valence electrons. The molecule has 0 spiro atoms. The zero-order chi connectivity index (χ0) is 25.3. The number of carbonyl (C=O) groups excluding carboxylic acids is 3. The van der Waals surface area contributed by atoms with Gasteiger partial charge in [0.25, 0.3) is 0 Å². The van der Waals surface area contributed by atoms with E-state index >= 15 is 0 Å². The standard InChI is InChI=1S/C24H31ClO9/c1-9-7-8-14(28)23(6)15(10(2)17(31-12(4)26)18-21(23)33-18)19(32-13(5)27)24(30)11(3)22(29)34-20(24)16(9)25/h7-8,10-11,14-15,17-21,28,30H,1-6H3. The van der Waals surface area contributed by atoms with Crippen LogP contribution >= 0.6 is 11.6 Å². The Balaban J connectivity index is 1.97. The number of esters is 3. The SMILES string of the molecule is CC(=O)OC1C(C)C2C(OC(C)=O)C3(O)C(C)C(=O)OC3C(Cl)=C(C)C=CC(O)C2(C)C2OC12. The van der Waals surface area contributed by atoms with Crippen LogP contribution in [0.1, 0.15) is 41.5 Å². The lowest BCUT2D eigenvalue weighted by Crippen LogP contribution is -2.67. The van der Waals surface area contributed by atoms with Crippen LogP contribution in [-0.2, 0) is 33.3 Å². The van der Waals surface area contributed by atoms with Gasteiger partial charge in [0.2, 0.25) is 0 Å². The molecule has 2 aliphatic heterocycles. The fourth-order valence-electron chi connectivity index (χ4n) is 6.21. The Morgan fingerprint density at radius 1 is 1.18 bits per heavy atom. The maximum Gasteiger partial charge on any atom is 0.312 e. The largest absolute Gasteiger partial charge is 0.459 e. The number of allylic oxidation sites excluding steroid dienone is 2. The monoisotopic (exact) mass is 498 g/mol. The summed E-state index contributed by atoms with van der Waals surface area (Å²) in [5.74, 6) is -4.35. The Hall–Kier alpha value is -1.94. The number of carbonyl (C=O) groups is 3. The first-order valence-corrected chi connectivity index (χ1v) is 11.8. The molecule has 0 amide bonds. The highest BCUT2D eigenvalue weighted by Gasteiger charge is 2.74. The normalized spacial score (nSPS) is 47.7. The molecule has 2 N–H and O–H groups in total. The summed E-state index contributed by atoms with van der Waals surface area (Å²) in [6, 6.07) is 0. The third kappa shape index (κ3) is 3.51. The number of hydrogen-bond donors (Lipinski definition) is 2. The zero-order valence-electron chi connectivity index (χ0n) is 20.0. The summed E-state index contributed by atoms with van der Waals surface area (Å²) in [4.78, 5) is 36.9. The van der Waals surface area contributed by atoms with Gasteiger partial charge in [-0.3, -0.25) is 14.4 Å². The zero-order valence-corrected chi connectivity index (χ0v) is 20.7. The maximum atomic E-state index is 12.7. The van der Waals surface area contributed by atoms with E-state index in [1.165, 1.54) is 20.8 Å². The molecule has 2 aliphatic carbocycles. The molecule has 2 heterocycles. The van der Waals surface area contributed by atoms with Crippen molar-refractivity contribution in [3.63, 3.8) is 0 Å². The van der Waals surface area contributed by atoms with Gasteiger partial charge in [0.1, 0.15) is 18.3 Å². The van der Waals surface area contributed by atoms with Crippen LogP contribution < -0.4 is 0 Å². The predicted molar refractivity (Wildman–Crippen MR) is 118 cm³/mol. The minimum Gasteiger partial charge on any atom is -0.459 e. The van der Waals surface area contributed by atoms with Crippen molar-refractivity contribution in [2.75, 3.05) is 0 Å². The van der Waals surface area contributed by atoms with Crippen molar-refractivity contribution in [1.82, 2.24) is 0 Å². The summed E-state index contributed by atoms with van der Waals surface area (Å²) in [6.07, 6.45) is -2.29. The Bertz CT molecular complexity index is 975. The number of epoxide rings is 1. The maximum absolute atomic E-state index is 12.7. The Kier molecular flexibility index (Phi) is 6.16. The number of rotatable bonds is 2. The first kappa shape index (κ1) is 25.2. The summed E-state index contributed by atoms with van der Waals surface area (Å²) in [6.45, 7) is 9.22. The van der Waals surface area contributed by atoms with Crippen molar-refractivity contribution >= 4 is 29.5 Å². The molecule has 0 radical (unpaired) electrons. The van der Waals surface area contributed by atoms with Gasteiger partial charge in [0.15, 0.2) is 11.7 Å². The highest BCUT2D eigenvalue weighted by molar-refractivity contribution is 6.31. The summed E-state index contributed by atoms with van der Waals surface area (Å²) < 4.78 is 22.8. The average molecular weight is 499 g/mol. The number of fused-ring (bicyclic) bond motifs is 4. The van der Waals surface area contributed by atoms with Gasteiger partial charge in [-0.05, 0) is 19.4 Å². The molecule has 10 heteroatoms. The fourth-order valence-corrected chi connectivity index (χ4v) is 6.49. The van der Waals surface area contributed by atoms with Crippen LogP contribution in [0.2, 0.25) is 0 Å². The van der Waals surface area contributed by atoms with E-state index in [-0.39, 0.29) is 5.03 Å². The molecule has 0 aromatic rings. The summed E-state index contributed by atoms with van der Waals surface area (Å²) in [5.41, 5.74) is -2.66. The van der Waals surface area contributed by atoms with Gasteiger partial charge in [0.05, 0.1) is 23.2 Å². The lowest BCUT2D eigenvalue weighted by atomic mass is 9.54. The van der Waals surface area contributed by atoms with Crippen LogP contribution in [0.3, 0.4) is 0 Å². The molecule has 1 saturated carbocycles. The van der Waals surface area contributed by atoms with Crippen molar-refractivity contribution in [2.24, 2.45) is 23.2 Å². The van der Waals surface area contributed by atoms with Crippen LogP contribution in [0.15, 0.2) is 22.8 Å². The minimum absolute atomic E-state index is 0.0601. The molecule has 4 rings (SSSR count). The van der Waals surface area contributed by atoms with Gasteiger partial charge < -0.3 is 29.2 Å². The molecule has 4 aliphatic rings. The third-order valence-corrected chi connectivity index (χ3v) is 8.61. The molecule has 34 heavy (non-hydrogen) atoms. The predicted octanol–water partition coefficient (Wildman–Crippen LogP) is 1.63. The topological polar surface area (TPSA) is 132 Å². The fraction of sp³-hybridized carbons (Fsp3) is 0.708. The third-order valence-electron chi connectivity index (χ3n) is 8.12. The van der Waals surface area contributed by atoms with Crippen LogP contribution in [0.5, 0.6) is 0 Å². The van der Waals surface area contributed by atoms with Crippen LogP contribution in [0, 0.1) is 23.2 Å². The summed E-state index contributed by atoms with van der Waals surface area (Å²) >= 11 is 6.60. The van der Waals surface area contributed by atoms with Gasteiger partial charge in [-0.15, -0.1) is 0 Å². The molecule has 2 saturated heterocycles. The van der Waals surface area contributed by atoms with Crippen LogP contribution in [0.25, 0.3) is 0 Å². The molecule has 11 atom stereocenters. The van der Waals surface area contributed by atoms with Crippen molar-refractivity contribution in [3.8, 4) is 0 Å². The number of aliphatic hydroxyl groups excluding tert-OH is 1. The number of aliphatic hydroxyl groups is 2. The van der Waals surface area contributed by atoms with E-state index in [1.54, 1.807) is 32.9 Å². The lowest BCUT2D eigenvalue weighted by molar-refractivity contribution is -0.216. The quantitative estimate of drug-likeness (QED) is 0.331. The molecule has 3 fully saturated rings. The second kappa shape index (κ2) is 8.33. The van der Waals surface area contributed by atoms with Crippen molar-refractivity contribution in [2.45, 2.75) is 83.8 Å². The van der Waals surface area contributed by atoms with E-state index in [2.05, 4.69) is 0 Å². The van der Waals surface area contributed by atoms with Gasteiger partial charge in [-0.1, -0.05) is 37.6 Å². The van der Waals surface area contributed by atoms with Gasteiger partial charge >= 0.3 is 17.9 Å². The number of halogens is 1. The average Bonchev–Trinajstić information content (AvgIpc) is 3.52. The van der Waals surface area contributed by atoms with E-state index in [0.717, 1.165) is 0 Å². The van der Waals surface area contributed by atoms with Crippen molar-refractivity contribution < 1.29 is 43.5 Å². The highest BCUT2D eigenvalue weighted by atomic mass is 35.5. The van der Waals surface area contributed by atoms with E-state index < -0.39 is 83.3 Å². The van der Waals surface area contributed by atoms with Crippen LogP contribution in [-0.4, -0.2) is 70.3 Å². The van der Waals surface area contributed by atoms with Crippen LogP contribution in [0.4, 0.5) is 0 Å². The first-order valence-electron chi connectivity index (χ1n) is 11.4. The minimum atomic E-state index is -2.06. The molecule has 9 nitrogen and oxygen atoms in total. The Morgan fingerprint density at radius 3 is 2.38 bits per heavy atom. The Labute approximate surface area is 203 Å². The van der Waals surface area contributed by atoms with Crippen molar-refractivity contribution in [3.05, 3.63) is 22.8 Å². The molecule has 0 aromatic carbocycles. The Morgan fingerprint density at radius 2 is 1.79 bits per heavy atom. The molecular weight excluding hydrogens is 468 g/mol. The number of hydrogen-bond acceptors (Lipinski definition) is 9. The van der Waals surface area contributed by atoms with E-state index in [4.69, 9.17) is 30.5 Å². The van der Waals surface area contributed by atoms with Gasteiger partial charge in [-0.2, -0.15) is 0 Å². The highest BCUT2D eigenvalue weighted by Crippen LogP contribution is 2.61. The number of ether oxygens (including phenoxy) is 4. The second-order valence-electron chi connectivity index (χ2n) is 10.1.